The fourth-order valence-electron chi connectivity index (χ4n) is 6.83. The molecule has 0 aromatic rings. The molecule has 59 heavy (non-hydrogen) atoms. The number of ether oxygens (including phenoxy) is 2. The van der Waals surface area contributed by atoms with Crippen molar-refractivity contribution >= 4 is 19.8 Å². The number of phosphoric ester groups is 1. The van der Waals surface area contributed by atoms with Crippen LogP contribution in [0.2, 0.25) is 0 Å². The Labute approximate surface area is 364 Å². The smallest absolute Gasteiger partial charge is 0.462 e. The van der Waals surface area contributed by atoms with Gasteiger partial charge in [0.2, 0.25) is 0 Å². The number of hydrogen-bond donors (Lipinski definition) is 1. The van der Waals surface area contributed by atoms with Crippen LogP contribution in [0.4, 0.5) is 0 Å². The van der Waals surface area contributed by atoms with Crippen LogP contribution >= 0.6 is 7.82 Å². The maximum Gasteiger partial charge on any atom is 0.472 e. The van der Waals surface area contributed by atoms with Crippen molar-refractivity contribution in [3.05, 3.63) is 24.3 Å². The molecule has 0 heterocycles. The maximum absolute atomic E-state index is 12.7. The zero-order chi connectivity index (χ0) is 43.6. The standard InChI is InChI=1S/C49H94NO8P/c1-6-8-10-12-14-16-18-20-22-23-24-25-26-27-28-30-31-33-35-37-39-41-48(51)55-45-47(46-57-59(53,54)56-44-43-50(3,4)5)58-49(52)42-40-38-36-34-32-29-21-19-17-15-13-11-9-7-2/h19-22,47H,6-18,23-46H2,1-5H3/p+1/b21-19+,22-20+/t47-/m0/s1. The van der Waals surface area contributed by atoms with Crippen molar-refractivity contribution in [1.82, 2.24) is 0 Å². The first-order chi connectivity index (χ1) is 28.5. The molecular weight excluding hydrogens is 762 g/mol. The van der Waals surface area contributed by atoms with Crippen molar-refractivity contribution in [2.24, 2.45) is 0 Å². The molecule has 0 aliphatic heterocycles. The highest BCUT2D eigenvalue weighted by Gasteiger charge is 2.27. The van der Waals surface area contributed by atoms with Gasteiger partial charge in [-0.1, -0.05) is 173 Å². The fourth-order valence-corrected chi connectivity index (χ4v) is 7.57. The Balaban J connectivity index is 4.23. The first kappa shape index (κ1) is 57.5. The van der Waals surface area contributed by atoms with Crippen LogP contribution in [0.1, 0.15) is 226 Å². The molecule has 0 aromatic carbocycles. The average molecular weight is 857 g/mol. The van der Waals surface area contributed by atoms with Crippen molar-refractivity contribution in [1.29, 1.82) is 0 Å². The summed E-state index contributed by atoms with van der Waals surface area (Å²) < 4.78 is 34.4. The highest BCUT2D eigenvalue weighted by atomic mass is 31.2. The predicted octanol–water partition coefficient (Wildman–Crippen LogP) is 14.3. The molecule has 0 fully saturated rings. The summed E-state index contributed by atoms with van der Waals surface area (Å²) in [6.45, 7) is 4.42. The van der Waals surface area contributed by atoms with E-state index in [9.17, 15) is 19.0 Å². The number of hydrogen-bond acceptors (Lipinski definition) is 7. The molecule has 1 N–H and O–H groups in total. The first-order valence-corrected chi connectivity index (χ1v) is 26.1. The Morgan fingerprint density at radius 1 is 0.508 bits per heavy atom. The van der Waals surface area contributed by atoms with Crippen LogP contribution < -0.4 is 0 Å². The molecule has 0 bridgehead atoms. The molecule has 0 spiro atoms. The number of likely N-dealkylation sites (N-methyl/N-ethyl adjacent to an activating group) is 1. The van der Waals surface area contributed by atoms with Crippen molar-refractivity contribution in [3.63, 3.8) is 0 Å². The summed E-state index contributed by atoms with van der Waals surface area (Å²) in [4.78, 5) is 35.5. The third-order valence-electron chi connectivity index (χ3n) is 10.7. The lowest BCUT2D eigenvalue weighted by Crippen LogP contribution is -2.37. The second kappa shape index (κ2) is 41.8. The molecule has 1 unspecified atom stereocenters. The molecule has 0 saturated carbocycles. The third-order valence-corrected chi connectivity index (χ3v) is 11.7. The average Bonchev–Trinajstić information content (AvgIpc) is 3.19. The molecule has 348 valence electrons. The van der Waals surface area contributed by atoms with Crippen molar-refractivity contribution in [3.8, 4) is 0 Å². The molecule has 9 nitrogen and oxygen atoms in total. The molecule has 2 atom stereocenters. The van der Waals surface area contributed by atoms with E-state index in [0.717, 1.165) is 51.4 Å². The first-order valence-electron chi connectivity index (χ1n) is 24.6. The van der Waals surface area contributed by atoms with Gasteiger partial charge in [0, 0.05) is 12.8 Å². The molecule has 0 aliphatic rings. The highest BCUT2D eigenvalue weighted by Crippen LogP contribution is 2.43. The van der Waals surface area contributed by atoms with E-state index in [1.807, 2.05) is 21.1 Å². The highest BCUT2D eigenvalue weighted by molar-refractivity contribution is 7.47. The van der Waals surface area contributed by atoms with E-state index < -0.39 is 26.5 Å². The number of quaternary nitrogens is 1. The summed E-state index contributed by atoms with van der Waals surface area (Å²) in [6.07, 6.45) is 46.5. The lowest BCUT2D eigenvalue weighted by Gasteiger charge is -2.24. The van der Waals surface area contributed by atoms with Crippen LogP contribution in [-0.2, 0) is 32.7 Å². The number of nitrogens with zero attached hydrogens (tertiary/aromatic N) is 1. The van der Waals surface area contributed by atoms with E-state index in [1.165, 1.54) is 141 Å². The summed E-state index contributed by atoms with van der Waals surface area (Å²) in [5, 5.41) is 0. The zero-order valence-electron chi connectivity index (χ0n) is 39.2. The Bertz CT molecular complexity index is 1060. The summed E-state index contributed by atoms with van der Waals surface area (Å²) in [7, 11) is 1.48. The Morgan fingerprint density at radius 2 is 0.864 bits per heavy atom. The summed E-state index contributed by atoms with van der Waals surface area (Å²) in [5.74, 6) is -0.801. The Kier molecular flexibility index (Phi) is 40.8. The predicted molar refractivity (Wildman–Crippen MR) is 247 cm³/mol. The molecule has 0 aliphatic carbocycles. The van der Waals surface area contributed by atoms with Gasteiger partial charge in [0.1, 0.15) is 19.8 Å². The largest absolute Gasteiger partial charge is 0.472 e. The summed E-state index contributed by atoms with van der Waals surface area (Å²) in [6, 6.07) is 0. The van der Waals surface area contributed by atoms with Gasteiger partial charge in [0.05, 0.1) is 27.7 Å². The zero-order valence-corrected chi connectivity index (χ0v) is 40.1. The SMILES string of the molecule is CCCCCCC/C=C/CCCCCCCC(=O)O[C@@H](COC(=O)CCCCCCCCCCCCC/C=C/CCCCCCCC)COP(=O)(O)OCC[N+](C)(C)C. The molecule has 10 heteroatoms. The molecule has 0 rings (SSSR count). The van der Waals surface area contributed by atoms with Crippen LogP contribution in [0.5, 0.6) is 0 Å². The van der Waals surface area contributed by atoms with Crippen molar-refractivity contribution < 1.29 is 42.1 Å². The van der Waals surface area contributed by atoms with Gasteiger partial charge in [-0.3, -0.25) is 18.6 Å². The van der Waals surface area contributed by atoms with Crippen LogP contribution in [0.25, 0.3) is 0 Å². The van der Waals surface area contributed by atoms with Gasteiger partial charge in [0.25, 0.3) is 0 Å². The van der Waals surface area contributed by atoms with E-state index >= 15 is 0 Å². The second-order valence-corrected chi connectivity index (χ2v) is 19.3. The number of carbonyl (C=O) groups is 2. The minimum atomic E-state index is -4.38. The van der Waals surface area contributed by atoms with Crippen LogP contribution in [-0.4, -0.2) is 74.9 Å². The fraction of sp³-hybridized carbons (Fsp3) is 0.878. The Morgan fingerprint density at radius 3 is 1.25 bits per heavy atom. The number of phosphoric acid groups is 1. The normalized spacial score (nSPS) is 13.7. The minimum absolute atomic E-state index is 0.0316. The molecule has 0 aromatic heterocycles. The number of carbonyl (C=O) groups excluding carboxylic acids is 2. The van der Waals surface area contributed by atoms with E-state index in [2.05, 4.69) is 38.2 Å². The van der Waals surface area contributed by atoms with Crippen LogP contribution in [0.15, 0.2) is 24.3 Å². The summed E-state index contributed by atoms with van der Waals surface area (Å²) in [5.41, 5.74) is 0. The molecular formula is C49H95NO8P+. The monoisotopic (exact) mass is 857 g/mol. The van der Waals surface area contributed by atoms with Gasteiger partial charge in [-0.05, 0) is 64.2 Å². The number of esters is 2. The van der Waals surface area contributed by atoms with Gasteiger partial charge in [0.15, 0.2) is 6.10 Å². The van der Waals surface area contributed by atoms with Gasteiger partial charge in [-0.2, -0.15) is 0 Å². The Hall–Kier alpha value is -1.51. The third kappa shape index (κ3) is 45.8. The maximum atomic E-state index is 12.7. The van der Waals surface area contributed by atoms with E-state index in [-0.39, 0.29) is 32.0 Å². The molecule has 0 saturated heterocycles. The van der Waals surface area contributed by atoms with Crippen molar-refractivity contribution in [2.75, 3.05) is 47.5 Å². The summed E-state index contributed by atoms with van der Waals surface area (Å²) >= 11 is 0. The topological polar surface area (TPSA) is 108 Å². The molecule has 0 amide bonds. The minimum Gasteiger partial charge on any atom is -0.462 e. The lowest BCUT2D eigenvalue weighted by atomic mass is 10.0. The van der Waals surface area contributed by atoms with Gasteiger partial charge in [-0.15, -0.1) is 0 Å². The number of unbranched alkanes of at least 4 members (excludes halogenated alkanes) is 27. The second-order valence-electron chi connectivity index (χ2n) is 17.8. The van der Waals surface area contributed by atoms with Crippen LogP contribution in [0.3, 0.4) is 0 Å². The van der Waals surface area contributed by atoms with Gasteiger partial charge >= 0.3 is 19.8 Å². The van der Waals surface area contributed by atoms with E-state index in [0.29, 0.717) is 17.4 Å². The van der Waals surface area contributed by atoms with Crippen molar-refractivity contribution in [2.45, 2.75) is 232 Å². The van der Waals surface area contributed by atoms with Gasteiger partial charge < -0.3 is 18.9 Å². The lowest BCUT2D eigenvalue weighted by molar-refractivity contribution is -0.870. The molecule has 0 radical (unpaired) electrons. The van der Waals surface area contributed by atoms with E-state index in [4.69, 9.17) is 18.5 Å². The van der Waals surface area contributed by atoms with Crippen LogP contribution in [0, 0.1) is 0 Å². The number of allylic oxidation sites excluding steroid dienone is 4. The van der Waals surface area contributed by atoms with Gasteiger partial charge in [-0.25, -0.2) is 4.57 Å². The quantitative estimate of drug-likeness (QED) is 0.0212. The number of rotatable bonds is 45. The van der Waals surface area contributed by atoms with E-state index in [1.54, 1.807) is 0 Å².